The summed E-state index contributed by atoms with van der Waals surface area (Å²) < 4.78 is 5.24. The summed E-state index contributed by atoms with van der Waals surface area (Å²) in [6.45, 7) is 3.95. The van der Waals surface area contributed by atoms with Crippen LogP contribution in [0, 0.1) is 0 Å². The van der Waals surface area contributed by atoms with Gasteiger partial charge in [-0.15, -0.1) is 0 Å². The van der Waals surface area contributed by atoms with Gasteiger partial charge in [-0.2, -0.15) is 0 Å². The van der Waals surface area contributed by atoms with Crippen molar-refractivity contribution in [3.8, 4) is 5.75 Å². The maximum atomic E-state index is 12.4. The Labute approximate surface area is 120 Å². The molecule has 0 radical (unpaired) electrons. The summed E-state index contributed by atoms with van der Waals surface area (Å²) in [5.74, 6) is 0.504. The number of nitrogens with two attached hydrogens (primary N) is 1. The van der Waals surface area contributed by atoms with Crippen molar-refractivity contribution in [3.63, 3.8) is 0 Å². The Balaban J connectivity index is 1.98. The van der Waals surface area contributed by atoms with Crippen molar-refractivity contribution in [2.24, 2.45) is 0 Å². The molecule has 1 aliphatic rings. The normalized spacial score (nSPS) is 15.3. The molecule has 20 heavy (non-hydrogen) atoms. The van der Waals surface area contributed by atoms with Crippen LogP contribution in [0.2, 0.25) is 0 Å². The molecule has 1 saturated heterocycles. The highest BCUT2D eigenvalue weighted by atomic mass is 16.5. The third-order valence-electron chi connectivity index (χ3n) is 3.75. The Morgan fingerprint density at radius 2 is 2.10 bits per heavy atom. The third-order valence-corrected chi connectivity index (χ3v) is 3.75. The number of amides is 1. The van der Waals surface area contributed by atoms with Crippen molar-refractivity contribution in [3.05, 3.63) is 23.8 Å². The van der Waals surface area contributed by atoms with Gasteiger partial charge in [0.05, 0.1) is 12.7 Å². The number of carbonyl (C=O) groups excluding carboxylic acids is 1. The second-order valence-electron chi connectivity index (χ2n) is 5.24. The van der Waals surface area contributed by atoms with Gasteiger partial charge < -0.3 is 20.3 Å². The molecule has 1 fully saturated rings. The van der Waals surface area contributed by atoms with Crippen LogP contribution in [0.25, 0.3) is 0 Å². The van der Waals surface area contributed by atoms with Crippen molar-refractivity contribution < 1.29 is 9.53 Å². The van der Waals surface area contributed by atoms with Gasteiger partial charge in [0.25, 0.3) is 5.91 Å². The predicted octanol–water partition coefficient (Wildman–Crippen LogP) is 1.45. The number of likely N-dealkylation sites (tertiary alicyclic amines) is 1. The summed E-state index contributed by atoms with van der Waals surface area (Å²) in [6.07, 6.45) is 2.53. The molecule has 0 aliphatic carbocycles. The molecule has 110 valence electrons. The number of ether oxygens (including phenoxy) is 1. The van der Waals surface area contributed by atoms with Gasteiger partial charge in [-0.25, -0.2) is 0 Å². The first-order chi connectivity index (χ1) is 9.61. The molecular formula is C15H23N3O2. The summed E-state index contributed by atoms with van der Waals surface area (Å²) in [7, 11) is 3.38. The zero-order chi connectivity index (χ0) is 14.5. The summed E-state index contributed by atoms with van der Waals surface area (Å²) in [4.78, 5) is 16.6. The number of likely N-dealkylation sites (N-methyl/N-ethyl adjacent to an activating group) is 1. The predicted molar refractivity (Wildman–Crippen MR) is 80.0 cm³/mol. The minimum Gasteiger partial charge on any atom is -0.496 e. The molecule has 0 unspecified atom stereocenters. The van der Waals surface area contributed by atoms with Crippen molar-refractivity contribution in [1.82, 2.24) is 9.80 Å². The van der Waals surface area contributed by atoms with Crippen molar-refractivity contribution in [2.45, 2.75) is 12.8 Å². The lowest BCUT2D eigenvalue weighted by Gasteiger charge is -2.22. The minimum absolute atomic E-state index is 0.0268. The zero-order valence-corrected chi connectivity index (χ0v) is 12.3. The van der Waals surface area contributed by atoms with Crippen LogP contribution in [-0.4, -0.2) is 56.0 Å². The molecule has 0 aromatic heterocycles. The van der Waals surface area contributed by atoms with E-state index in [4.69, 9.17) is 10.5 Å². The highest BCUT2D eigenvalue weighted by Crippen LogP contribution is 2.22. The number of benzene rings is 1. The topological polar surface area (TPSA) is 58.8 Å². The number of hydrogen-bond donors (Lipinski definition) is 1. The lowest BCUT2D eigenvalue weighted by atomic mass is 10.1. The van der Waals surface area contributed by atoms with Crippen LogP contribution in [0.15, 0.2) is 18.2 Å². The number of nitrogens with zero attached hydrogens (tertiary/aromatic N) is 2. The van der Waals surface area contributed by atoms with E-state index < -0.39 is 0 Å². The van der Waals surface area contributed by atoms with E-state index in [1.54, 1.807) is 30.2 Å². The second-order valence-corrected chi connectivity index (χ2v) is 5.24. The van der Waals surface area contributed by atoms with E-state index in [1.165, 1.54) is 12.8 Å². The van der Waals surface area contributed by atoms with E-state index in [0.717, 1.165) is 26.2 Å². The van der Waals surface area contributed by atoms with Crippen LogP contribution < -0.4 is 10.5 Å². The van der Waals surface area contributed by atoms with Crippen molar-refractivity contribution >= 4 is 11.6 Å². The third kappa shape index (κ3) is 3.42. The Hall–Kier alpha value is -1.75. The SMILES string of the molecule is COc1cc(N)ccc1C(=O)N(C)CCN1CCCC1. The van der Waals surface area contributed by atoms with E-state index in [-0.39, 0.29) is 5.91 Å². The molecule has 1 aromatic rings. The monoisotopic (exact) mass is 277 g/mol. The molecule has 1 aliphatic heterocycles. The Morgan fingerprint density at radius 1 is 1.40 bits per heavy atom. The van der Waals surface area contributed by atoms with Crippen LogP contribution in [0.1, 0.15) is 23.2 Å². The first-order valence-corrected chi connectivity index (χ1v) is 7.03. The summed E-state index contributed by atoms with van der Waals surface area (Å²) >= 11 is 0. The van der Waals surface area contributed by atoms with Gasteiger partial charge in [0.2, 0.25) is 0 Å². The fourth-order valence-electron chi connectivity index (χ4n) is 2.49. The standard InChI is InChI=1S/C15H23N3O2/c1-17(9-10-18-7-3-4-8-18)15(19)13-6-5-12(16)11-14(13)20-2/h5-6,11H,3-4,7-10,16H2,1-2H3. The fraction of sp³-hybridized carbons (Fsp3) is 0.533. The first kappa shape index (κ1) is 14.7. The Morgan fingerprint density at radius 3 is 2.75 bits per heavy atom. The van der Waals surface area contributed by atoms with Gasteiger partial charge >= 0.3 is 0 Å². The molecule has 0 spiro atoms. The number of nitrogen functional groups attached to an aromatic ring is 1. The lowest BCUT2D eigenvalue weighted by molar-refractivity contribution is 0.0779. The van der Waals surface area contributed by atoms with E-state index in [9.17, 15) is 4.79 Å². The van der Waals surface area contributed by atoms with Gasteiger partial charge in [0, 0.05) is 31.9 Å². The Bertz CT molecular complexity index is 470. The zero-order valence-electron chi connectivity index (χ0n) is 12.3. The second kappa shape index (κ2) is 6.61. The quantitative estimate of drug-likeness (QED) is 0.828. The van der Waals surface area contributed by atoms with Gasteiger partial charge in [-0.1, -0.05) is 0 Å². The van der Waals surface area contributed by atoms with Crippen molar-refractivity contribution in [2.75, 3.05) is 46.1 Å². The summed E-state index contributed by atoms with van der Waals surface area (Å²) in [6, 6.07) is 5.13. The van der Waals surface area contributed by atoms with Gasteiger partial charge in [-0.3, -0.25) is 4.79 Å². The smallest absolute Gasteiger partial charge is 0.257 e. The van der Waals surface area contributed by atoms with Gasteiger partial charge in [0.1, 0.15) is 5.75 Å². The molecule has 5 nitrogen and oxygen atoms in total. The Kier molecular flexibility index (Phi) is 4.84. The number of hydrogen-bond acceptors (Lipinski definition) is 4. The average Bonchev–Trinajstić information content (AvgIpc) is 2.97. The van der Waals surface area contributed by atoms with Crippen LogP contribution in [0.4, 0.5) is 5.69 Å². The van der Waals surface area contributed by atoms with Crippen LogP contribution in [-0.2, 0) is 0 Å². The van der Waals surface area contributed by atoms with Gasteiger partial charge in [0.15, 0.2) is 0 Å². The fourth-order valence-corrected chi connectivity index (χ4v) is 2.49. The number of carbonyl (C=O) groups is 1. The largest absolute Gasteiger partial charge is 0.496 e. The summed E-state index contributed by atoms with van der Waals surface area (Å²) in [5.41, 5.74) is 6.87. The van der Waals surface area contributed by atoms with E-state index in [0.29, 0.717) is 17.0 Å². The van der Waals surface area contributed by atoms with E-state index in [1.807, 2.05) is 7.05 Å². The van der Waals surface area contributed by atoms with Crippen LogP contribution in [0.5, 0.6) is 5.75 Å². The number of rotatable bonds is 5. The molecule has 0 bridgehead atoms. The molecule has 0 atom stereocenters. The van der Waals surface area contributed by atoms with Gasteiger partial charge in [-0.05, 0) is 38.1 Å². The number of anilines is 1. The van der Waals surface area contributed by atoms with E-state index >= 15 is 0 Å². The molecule has 0 saturated carbocycles. The highest BCUT2D eigenvalue weighted by molar-refractivity contribution is 5.97. The molecule has 1 heterocycles. The maximum Gasteiger partial charge on any atom is 0.257 e. The molecular weight excluding hydrogens is 254 g/mol. The average molecular weight is 277 g/mol. The van der Waals surface area contributed by atoms with E-state index in [2.05, 4.69) is 4.90 Å². The highest BCUT2D eigenvalue weighted by Gasteiger charge is 2.18. The van der Waals surface area contributed by atoms with Crippen molar-refractivity contribution in [1.29, 1.82) is 0 Å². The molecule has 1 aromatic carbocycles. The molecule has 1 amide bonds. The lowest BCUT2D eigenvalue weighted by Crippen LogP contribution is -2.35. The van der Waals surface area contributed by atoms with Crippen LogP contribution >= 0.6 is 0 Å². The first-order valence-electron chi connectivity index (χ1n) is 7.03. The maximum absolute atomic E-state index is 12.4. The number of methoxy groups -OCH3 is 1. The summed E-state index contributed by atoms with van der Waals surface area (Å²) in [5, 5.41) is 0. The molecule has 2 rings (SSSR count). The molecule has 5 heteroatoms. The van der Waals surface area contributed by atoms with Crippen LogP contribution in [0.3, 0.4) is 0 Å². The molecule has 2 N–H and O–H groups in total. The minimum atomic E-state index is -0.0268.